The average Bonchev–Trinajstić information content (AvgIpc) is 3.05. The lowest BCUT2D eigenvalue weighted by Gasteiger charge is -2.12. The molecule has 5 nitrogen and oxygen atoms in total. The molecule has 0 bridgehead atoms. The Morgan fingerprint density at radius 2 is 2.08 bits per heavy atom. The molecule has 7 heteroatoms. The van der Waals surface area contributed by atoms with Crippen molar-refractivity contribution in [2.24, 2.45) is 5.41 Å². The van der Waals surface area contributed by atoms with Crippen LogP contribution in [0.25, 0.3) is 12.2 Å². The minimum absolute atomic E-state index is 0.0302. The van der Waals surface area contributed by atoms with Gasteiger partial charge in [-0.05, 0) is 39.7 Å². The van der Waals surface area contributed by atoms with Crippen molar-refractivity contribution in [1.82, 2.24) is 4.98 Å². The molecule has 0 saturated carbocycles. The monoisotopic (exact) mass is 409 g/mol. The van der Waals surface area contributed by atoms with E-state index >= 15 is 0 Å². The highest BCUT2D eigenvalue weighted by atomic mass is 79.9. The number of benzene rings is 1. The number of carbonyl (C=O) groups excluding carboxylic acids is 1. The summed E-state index contributed by atoms with van der Waals surface area (Å²) in [6.07, 6.45) is 3.24. The number of aromatic amines is 1. The number of thiazole rings is 1. The zero-order valence-corrected chi connectivity index (χ0v) is 15.8. The van der Waals surface area contributed by atoms with E-state index in [1.165, 1.54) is 17.4 Å². The maximum atomic E-state index is 12.1. The van der Waals surface area contributed by atoms with Gasteiger partial charge in [0.25, 0.3) is 5.56 Å². The Kier molecular flexibility index (Phi) is 4.40. The molecule has 1 N–H and O–H groups in total. The molecule has 0 unspecified atom stereocenters. The minimum atomic E-state index is -0.479. The van der Waals surface area contributed by atoms with Gasteiger partial charge in [0.1, 0.15) is 0 Å². The Bertz CT molecular complexity index is 981. The van der Waals surface area contributed by atoms with Crippen LogP contribution in [0.3, 0.4) is 0 Å². The molecule has 0 atom stereocenters. The second kappa shape index (κ2) is 6.22. The SMILES string of the molecule is CC(C)(C)C(=O)/C=c1\[nH]c(=O)/c(=C\c2cc(Br)c3c(c2)OCO3)s1. The van der Waals surface area contributed by atoms with Gasteiger partial charge in [-0.25, -0.2) is 0 Å². The van der Waals surface area contributed by atoms with Gasteiger partial charge in [-0.2, -0.15) is 0 Å². The van der Waals surface area contributed by atoms with Gasteiger partial charge < -0.3 is 14.5 Å². The van der Waals surface area contributed by atoms with Crippen molar-refractivity contribution in [2.75, 3.05) is 6.79 Å². The number of ketones is 1. The van der Waals surface area contributed by atoms with Crippen molar-refractivity contribution in [3.8, 4) is 11.5 Å². The first-order valence-corrected chi connectivity index (χ1v) is 8.91. The lowest BCUT2D eigenvalue weighted by Crippen LogP contribution is -2.22. The molecule has 0 fully saturated rings. The molecule has 0 saturated heterocycles. The van der Waals surface area contributed by atoms with E-state index < -0.39 is 5.41 Å². The Morgan fingerprint density at radius 1 is 1.33 bits per heavy atom. The van der Waals surface area contributed by atoms with Crippen LogP contribution in [0, 0.1) is 5.41 Å². The number of H-pyrrole nitrogens is 1. The highest BCUT2D eigenvalue weighted by Crippen LogP contribution is 2.40. The standard InChI is InChI=1S/C17H16BrNO4S/c1-17(2,3)13(20)7-14-19-16(21)12(24-14)6-9-4-10(18)15-11(5-9)22-8-23-15/h4-7H,8H2,1-3H3,(H,19,21)/b12-6+,14-7+. The summed E-state index contributed by atoms with van der Waals surface area (Å²) in [6, 6.07) is 3.67. The molecule has 2 heterocycles. The van der Waals surface area contributed by atoms with Gasteiger partial charge in [-0.1, -0.05) is 20.8 Å². The van der Waals surface area contributed by atoms with Gasteiger partial charge in [0.15, 0.2) is 17.3 Å². The van der Waals surface area contributed by atoms with Gasteiger partial charge in [0.05, 0.1) is 13.7 Å². The maximum absolute atomic E-state index is 12.1. The number of ether oxygens (including phenoxy) is 2. The van der Waals surface area contributed by atoms with Crippen molar-refractivity contribution in [2.45, 2.75) is 20.8 Å². The third-order valence-electron chi connectivity index (χ3n) is 3.43. The van der Waals surface area contributed by atoms with Crippen LogP contribution in [-0.4, -0.2) is 17.6 Å². The van der Waals surface area contributed by atoms with E-state index in [9.17, 15) is 9.59 Å². The Balaban J connectivity index is 2.04. The normalized spacial score (nSPS) is 15.2. The number of Topliss-reactive ketones (excluding diaryl/α,β-unsaturated/α-hetero) is 1. The minimum Gasteiger partial charge on any atom is -0.454 e. The fourth-order valence-electron chi connectivity index (χ4n) is 2.08. The van der Waals surface area contributed by atoms with Crippen LogP contribution in [0.1, 0.15) is 26.3 Å². The number of halogens is 1. The van der Waals surface area contributed by atoms with Crippen molar-refractivity contribution < 1.29 is 14.3 Å². The molecule has 1 aromatic carbocycles. The molecule has 1 aliphatic heterocycles. The predicted octanol–water partition coefficient (Wildman–Crippen LogP) is 2.15. The quantitative estimate of drug-likeness (QED) is 0.824. The molecule has 1 aromatic heterocycles. The molecule has 3 rings (SSSR count). The first kappa shape index (κ1) is 17.0. The van der Waals surface area contributed by atoms with E-state index in [0.717, 1.165) is 10.0 Å². The smallest absolute Gasteiger partial charge is 0.266 e. The third kappa shape index (κ3) is 3.47. The number of aromatic nitrogens is 1. The van der Waals surface area contributed by atoms with E-state index in [-0.39, 0.29) is 18.1 Å². The highest BCUT2D eigenvalue weighted by molar-refractivity contribution is 9.10. The highest BCUT2D eigenvalue weighted by Gasteiger charge is 2.19. The summed E-state index contributed by atoms with van der Waals surface area (Å²) in [6.45, 7) is 5.71. The number of hydrogen-bond acceptors (Lipinski definition) is 5. The molecule has 0 aliphatic carbocycles. The second-order valence-electron chi connectivity index (χ2n) is 6.42. The lowest BCUT2D eigenvalue weighted by molar-refractivity contribution is -0.119. The predicted molar refractivity (Wildman–Crippen MR) is 96.9 cm³/mol. The van der Waals surface area contributed by atoms with E-state index in [1.807, 2.05) is 32.9 Å². The van der Waals surface area contributed by atoms with E-state index in [1.54, 1.807) is 6.08 Å². The fraction of sp³-hybridized carbons (Fsp3) is 0.294. The topological polar surface area (TPSA) is 68.4 Å². The summed E-state index contributed by atoms with van der Waals surface area (Å²) in [5.74, 6) is 1.27. The first-order chi connectivity index (χ1) is 11.2. The van der Waals surface area contributed by atoms with Crippen molar-refractivity contribution in [3.05, 3.63) is 41.7 Å². The first-order valence-electron chi connectivity index (χ1n) is 7.30. The Morgan fingerprint density at radius 3 is 2.79 bits per heavy atom. The molecule has 126 valence electrons. The van der Waals surface area contributed by atoms with Gasteiger partial charge in [-0.3, -0.25) is 9.59 Å². The lowest BCUT2D eigenvalue weighted by atomic mass is 9.91. The van der Waals surface area contributed by atoms with Crippen LogP contribution in [-0.2, 0) is 4.79 Å². The second-order valence-corrected chi connectivity index (χ2v) is 8.36. The van der Waals surface area contributed by atoms with Gasteiger partial charge in [0.2, 0.25) is 6.79 Å². The average molecular weight is 410 g/mol. The molecule has 0 spiro atoms. The van der Waals surface area contributed by atoms with Gasteiger partial charge in [0, 0.05) is 11.5 Å². The maximum Gasteiger partial charge on any atom is 0.266 e. The fourth-order valence-corrected chi connectivity index (χ4v) is 3.54. The molecule has 1 aliphatic rings. The van der Waals surface area contributed by atoms with Crippen molar-refractivity contribution in [3.63, 3.8) is 0 Å². The summed E-state index contributed by atoms with van der Waals surface area (Å²) in [5.41, 5.74) is 0.112. The molecular formula is C17H16BrNO4S. The van der Waals surface area contributed by atoms with Crippen LogP contribution in [0.5, 0.6) is 11.5 Å². The summed E-state index contributed by atoms with van der Waals surface area (Å²) in [7, 11) is 0. The number of rotatable bonds is 2. The van der Waals surface area contributed by atoms with E-state index in [4.69, 9.17) is 9.47 Å². The van der Waals surface area contributed by atoms with E-state index in [2.05, 4.69) is 20.9 Å². The summed E-state index contributed by atoms with van der Waals surface area (Å²) < 4.78 is 12.6. The Hall–Kier alpha value is -1.86. The Labute approximate surface area is 150 Å². The summed E-state index contributed by atoms with van der Waals surface area (Å²) >= 11 is 4.68. The molecule has 24 heavy (non-hydrogen) atoms. The molecule has 0 amide bonds. The van der Waals surface area contributed by atoms with Crippen LogP contribution >= 0.6 is 27.3 Å². The summed E-state index contributed by atoms with van der Waals surface area (Å²) in [5, 5.41) is 0. The third-order valence-corrected chi connectivity index (χ3v) is 4.98. The van der Waals surface area contributed by atoms with Gasteiger partial charge >= 0.3 is 0 Å². The van der Waals surface area contributed by atoms with Crippen LogP contribution in [0.2, 0.25) is 0 Å². The number of carbonyl (C=O) groups is 1. The summed E-state index contributed by atoms with van der Waals surface area (Å²) in [4.78, 5) is 26.9. The van der Waals surface area contributed by atoms with Crippen molar-refractivity contribution >= 4 is 45.2 Å². The number of hydrogen-bond donors (Lipinski definition) is 1. The van der Waals surface area contributed by atoms with Crippen LogP contribution in [0.15, 0.2) is 21.4 Å². The molecular weight excluding hydrogens is 394 g/mol. The largest absolute Gasteiger partial charge is 0.454 e. The number of fused-ring (bicyclic) bond motifs is 1. The van der Waals surface area contributed by atoms with Crippen LogP contribution in [0.4, 0.5) is 0 Å². The molecule has 0 radical (unpaired) electrons. The van der Waals surface area contributed by atoms with Gasteiger partial charge in [-0.15, -0.1) is 11.3 Å². The zero-order valence-electron chi connectivity index (χ0n) is 13.4. The van der Waals surface area contributed by atoms with Crippen molar-refractivity contribution in [1.29, 1.82) is 0 Å². The van der Waals surface area contributed by atoms with Crippen LogP contribution < -0.4 is 24.2 Å². The number of nitrogens with one attached hydrogen (secondary N) is 1. The zero-order chi connectivity index (χ0) is 17.5. The molecule has 2 aromatic rings. The van der Waals surface area contributed by atoms with E-state index in [0.29, 0.717) is 20.7 Å².